The molecule has 0 fully saturated rings. The molecular weight excluding hydrogens is 494 g/mol. The number of carbonyl (C=O) groups is 1. The first kappa shape index (κ1) is 29.8. The predicted molar refractivity (Wildman–Crippen MR) is 155 cm³/mol. The zero-order valence-electron chi connectivity index (χ0n) is 23.2. The lowest BCUT2D eigenvalue weighted by Crippen LogP contribution is -2.27. The highest BCUT2D eigenvalue weighted by molar-refractivity contribution is 5.94. The van der Waals surface area contributed by atoms with E-state index in [1.165, 1.54) is 5.56 Å². The number of amides is 1. The van der Waals surface area contributed by atoms with Crippen molar-refractivity contribution in [3.8, 4) is 0 Å². The number of aryl methyl sites for hydroxylation is 1. The molecule has 1 amide bonds. The van der Waals surface area contributed by atoms with Gasteiger partial charge in [-0.1, -0.05) is 61.9 Å². The predicted octanol–water partition coefficient (Wildman–Crippen LogP) is 4.27. The maximum Gasteiger partial charge on any atom is 0.251 e. The van der Waals surface area contributed by atoms with Crippen LogP contribution in [-0.2, 0) is 16.0 Å². The average Bonchev–Trinajstić information content (AvgIpc) is 2.97. The Labute approximate surface area is 231 Å². The van der Waals surface area contributed by atoms with Gasteiger partial charge in [-0.05, 0) is 37.5 Å². The third-order valence-corrected chi connectivity index (χ3v) is 5.99. The van der Waals surface area contributed by atoms with Gasteiger partial charge in [-0.25, -0.2) is 0 Å². The molecule has 0 aliphatic carbocycles. The second-order valence-electron chi connectivity index (χ2n) is 9.08. The monoisotopic (exact) mass is 535 g/mol. The van der Waals surface area contributed by atoms with Crippen LogP contribution in [0.25, 0.3) is 0 Å². The van der Waals surface area contributed by atoms with Crippen molar-refractivity contribution >= 4 is 23.8 Å². The number of hydrogen-bond acceptors (Lipinski definition) is 9. The largest absolute Gasteiger partial charge is 0.377 e. The zero-order valence-corrected chi connectivity index (χ0v) is 23.2. The van der Waals surface area contributed by atoms with E-state index in [1.807, 2.05) is 18.2 Å². The van der Waals surface area contributed by atoms with Gasteiger partial charge in [0.1, 0.15) is 0 Å². The standard InChI is InChI=1S/C29H41N7O3/c1-4-25(5-2)33-29-35-27(34-28(36-29)32-21-23-13-11-22(3)12-14-23)31-16-18-39-20-19-38-17-15-30-26(37)24-9-7-6-8-10-24/h6-14,25H,4-5,15-21H2,1-3H3,(H,30,37)(H3,31,32,33,34,35,36). The van der Waals surface area contributed by atoms with Crippen molar-refractivity contribution in [2.45, 2.75) is 46.2 Å². The Bertz CT molecular complexity index is 1110. The summed E-state index contributed by atoms with van der Waals surface area (Å²) in [4.78, 5) is 25.6. The minimum absolute atomic E-state index is 0.105. The summed E-state index contributed by atoms with van der Waals surface area (Å²) >= 11 is 0. The molecule has 10 nitrogen and oxygen atoms in total. The molecule has 0 unspecified atom stereocenters. The average molecular weight is 536 g/mol. The summed E-state index contributed by atoms with van der Waals surface area (Å²) in [5.74, 6) is 1.43. The maximum atomic E-state index is 12.0. The highest BCUT2D eigenvalue weighted by atomic mass is 16.5. The summed E-state index contributed by atoms with van der Waals surface area (Å²) in [6.45, 7) is 9.76. The van der Waals surface area contributed by atoms with E-state index in [9.17, 15) is 4.79 Å². The maximum absolute atomic E-state index is 12.0. The van der Waals surface area contributed by atoms with Crippen LogP contribution in [0.4, 0.5) is 17.8 Å². The van der Waals surface area contributed by atoms with Crippen LogP contribution in [0, 0.1) is 6.92 Å². The Kier molecular flexibility index (Phi) is 12.9. The van der Waals surface area contributed by atoms with Crippen molar-refractivity contribution in [2.75, 3.05) is 55.5 Å². The Morgan fingerprint density at radius 3 is 2.05 bits per heavy atom. The van der Waals surface area contributed by atoms with Crippen molar-refractivity contribution in [1.82, 2.24) is 20.3 Å². The zero-order chi connectivity index (χ0) is 27.7. The van der Waals surface area contributed by atoms with Crippen molar-refractivity contribution in [3.05, 3.63) is 71.3 Å². The van der Waals surface area contributed by atoms with Gasteiger partial charge in [0.2, 0.25) is 17.8 Å². The molecular formula is C29H41N7O3. The number of benzene rings is 2. The molecule has 0 saturated carbocycles. The quantitative estimate of drug-likeness (QED) is 0.177. The molecule has 39 heavy (non-hydrogen) atoms. The van der Waals surface area contributed by atoms with Gasteiger partial charge in [0.25, 0.3) is 5.91 Å². The first-order valence-corrected chi connectivity index (χ1v) is 13.6. The second-order valence-corrected chi connectivity index (χ2v) is 9.08. The van der Waals surface area contributed by atoms with Gasteiger partial charge in [-0.3, -0.25) is 4.79 Å². The molecule has 3 rings (SSSR count). The van der Waals surface area contributed by atoms with Gasteiger partial charge < -0.3 is 30.7 Å². The molecule has 0 bridgehead atoms. The van der Waals surface area contributed by atoms with Crippen LogP contribution in [0.5, 0.6) is 0 Å². The fourth-order valence-corrected chi connectivity index (χ4v) is 3.65. The lowest BCUT2D eigenvalue weighted by atomic mass is 10.1. The summed E-state index contributed by atoms with van der Waals surface area (Å²) in [6, 6.07) is 17.8. The van der Waals surface area contributed by atoms with Crippen molar-refractivity contribution in [2.24, 2.45) is 0 Å². The van der Waals surface area contributed by atoms with Crippen molar-refractivity contribution in [1.29, 1.82) is 0 Å². The number of rotatable bonds is 18. The highest BCUT2D eigenvalue weighted by Gasteiger charge is 2.10. The number of carbonyl (C=O) groups excluding carboxylic acids is 1. The van der Waals surface area contributed by atoms with E-state index >= 15 is 0 Å². The third-order valence-electron chi connectivity index (χ3n) is 5.99. The summed E-state index contributed by atoms with van der Waals surface area (Å²) in [6.07, 6.45) is 1.96. The van der Waals surface area contributed by atoms with Crippen molar-refractivity contribution in [3.63, 3.8) is 0 Å². The SMILES string of the molecule is CCC(CC)Nc1nc(NCCOCCOCCNC(=O)c2ccccc2)nc(NCc2ccc(C)cc2)n1. The fraction of sp³-hybridized carbons (Fsp3) is 0.448. The Morgan fingerprint density at radius 2 is 1.38 bits per heavy atom. The topological polar surface area (TPSA) is 122 Å². The minimum atomic E-state index is -0.105. The van der Waals surface area contributed by atoms with Gasteiger partial charge in [0.05, 0.1) is 26.4 Å². The number of anilines is 3. The van der Waals surface area contributed by atoms with Gasteiger partial charge in [-0.2, -0.15) is 15.0 Å². The van der Waals surface area contributed by atoms with Crippen LogP contribution >= 0.6 is 0 Å². The molecule has 4 N–H and O–H groups in total. The number of nitrogens with one attached hydrogen (secondary N) is 4. The van der Waals surface area contributed by atoms with Gasteiger partial charge in [0.15, 0.2) is 0 Å². The number of aromatic nitrogens is 3. The molecule has 2 aromatic carbocycles. The second kappa shape index (κ2) is 17.0. The Balaban J connectivity index is 1.37. The van der Waals surface area contributed by atoms with Gasteiger partial charge in [-0.15, -0.1) is 0 Å². The minimum Gasteiger partial charge on any atom is -0.377 e. The smallest absolute Gasteiger partial charge is 0.251 e. The summed E-state index contributed by atoms with van der Waals surface area (Å²) < 4.78 is 11.2. The lowest BCUT2D eigenvalue weighted by molar-refractivity contribution is 0.0519. The first-order chi connectivity index (χ1) is 19.1. The van der Waals surface area contributed by atoms with Crippen molar-refractivity contribution < 1.29 is 14.3 Å². The summed E-state index contributed by atoms with van der Waals surface area (Å²) in [5, 5.41) is 12.8. The number of nitrogens with zero attached hydrogens (tertiary/aromatic N) is 3. The van der Waals surface area contributed by atoms with E-state index in [4.69, 9.17) is 9.47 Å². The molecule has 1 heterocycles. The highest BCUT2D eigenvalue weighted by Crippen LogP contribution is 2.14. The summed E-state index contributed by atoms with van der Waals surface area (Å²) in [5.41, 5.74) is 3.02. The lowest BCUT2D eigenvalue weighted by Gasteiger charge is -2.16. The molecule has 0 spiro atoms. The normalized spacial score (nSPS) is 10.9. The molecule has 0 radical (unpaired) electrons. The molecule has 10 heteroatoms. The van der Waals surface area contributed by atoms with E-state index in [0.29, 0.717) is 75.5 Å². The molecule has 210 valence electrons. The van der Waals surface area contributed by atoms with Gasteiger partial charge in [0, 0.05) is 31.2 Å². The van der Waals surface area contributed by atoms with E-state index in [-0.39, 0.29) is 5.91 Å². The van der Waals surface area contributed by atoms with E-state index in [2.05, 4.69) is 81.3 Å². The van der Waals surface area contributed by atoms with Crippen LogP contribution in [0.2, 0.25) is 0 Å². The van der Waals surface area contributed by atoms with E-state index in [1.54, 1.807) is 12.1 Å². The Morgan fingerprint density at radius 1 is 0.769 bits per heavy atom. The van der Waals surface area contributed by atoms with Crippen LogP contribution < -0.4 is 21.3 Å². The van der Waals surface area contributed by atoms with Gasteiger partial charge >= 0.3 is 0 Å². The number of hydrogen-bond donors (Lipinski definition) is 4. The molecule has 3 aromatic rings. The molecule has 0 aliphatic rings. The fourth-order valence-electron chi connectivity index (χ4n) is 3.65. The van der Waals surface area contributed by atoms with Crippen LogP contribution in [0.1, 0.15) is 48.2 Å². The van der Waals surface area contributed by atoms with Crippen LogP contribution in [0.15, 0.2) is 54.6 Å². The summed E-state index contributed by atoms with van der Waals surface area (Å²) in [7, 11) is 0. The first-order valence-electron chi connectivity index (χ1n) is 13.6. The molecule has 0 atom stereocenters. The third kappa shape index (κ3) is 11.3. The van der Waals surface area contributed by atoms with Crippen LogP contribution in [0.3, 0.4) is 0 Å². The Hall–Kier alpha value is -3.76. The van der Waals surface area contributed by atoms with Crippen LogP contribution in [-0.4, -0.2) is 66.4 Å². The number of ether oxygens (including phenoxy) is 2. The molecule has 1 aromatic heterocycles. The molecule has 0 aliphatic heterocycles. The van der Waals surface area contributed by atoms with E-state index in [0.717, 1.165) is 18.4 Å². The van der Waals surface area contributed by atoms with E-state index < -0.39 is 0 Å². The molecule has 0 saturated heterocycles.